The Bertz CT molecular complexity index is 600. The van der Waals surface area contributed by atoms with Crippen LogP contribution in [0.3, 0.4) is 0 Å². The molecule has 21 heavy (non-hydrogen) atoms. The topological polar surface area (TPSA) is 28.4 Å². The van der Waals surface area contributed by atoms with Gasteiger partial charge in [0.25, 0.3) is 0 Å². The van der Waals surface area contributed by atoms with Gasteiger partial charge in [0.15, 0.2) is 0 Å². The molecule has 0 unspecified atom stereocenters. The number of para-hydroxylation sites is 1. The lowest BCUT2D eigenvalue weighted by atomic mass is 10.1. The van der Waals surface area contributed by atoms with Crippen molar-refractivity contribution in [2.45, 2.75) is 33.4 Å². The molecule has 1 N–H and O–H groups in total. The third-order valence-corrected chi connectivity index (χ3v) is 3.46. The molecule has 0 bridgehead atoms. The van der Waals surface area contributed by atoms with Gasteiger partial charge in [0.05, 0.1) is 6.54 Å². The minimum Gasteiger partial charge on any atom is -0.459 e. The van der Waals surface area contributed by atoms with Gasteiger partial charge in [-0.3, -0.25) is 4.90 Å². The van der Waals surface area contributed by atoms with E-state index in [9.17, 15) is 0 Å². The van der Waals surface area contributed by atoms with Crippen LogP contribution in [0.1, 0.15) is 31.6 Å². The second-order valence-corrected chi connectivity index (χ2v) is 5.81. The van der Waals surface area contributed by atoms with Gasteiger partial charge < -0.3 is 9.73 Å². The van der Waals surface area contributed by atoms with Gasteiger partial charge in [-0.2, -0.15) is 0 Å². The van der Waals surface area contributed by atoms with Gasteiger partial charge in [0.2, 0.25) is 0 Å². The second kappa shape index (κ2) is 7.43. The Balaban J connectivity index is 2.24. The number of furan rings is 1. The molecule has 1 aromatic carbocycles. The Kier molecular flexibility index (Phi) is 5.59. The Hall–Kier alpha value is -1.58. The van der Waals surface area contributed by atoms with E-state index in [1.807, 2.05) is 12.1 Å². The van der Waals surface area contributed by atoms with Gasteiger partial charge in [-0.1, -0.05) is 37.3 Å². The zero-order chi connectivity index (χ0) is 15.2. The fourth-order valence-corrected chi connectivity index (χ4v) is 2.63. The highest BCUT2D eigenvalue weighted by Crippen LogP contribution is 2.27. The van der Waals surface area contributed by atoms with Crippen molar-refractivity contribution in [3.63, 3.8) is 0 Å². The third-order valence-electron chi connectivity index (χ3n) is 3.46. The number of likely N-dealkylation sites (N-methyl/N-ethyl adjacent to an activating group) is 1. The fourth-order valence-electron chi connectivity index (χ4n) is 2.63. The summed E-state index contributed by atoms with van der Waals surface area (Å²) in [6, 6.07) is 8.28. The smallest absolute Gasteiger partial charge is 0.134 e. The van der Waals surface area contributed by atoms with E-state index in [0.717, 1.165) is 43.9 Å². The first-order valence-corrected chi connectivity index (χ1v) is 7.64. The number of benzene rings is 1. The first-order chi connectivity index (χ1) is 10.1. The summed E-state index contributed by atoms with van der Waals surface area (Å²) in [7, 11) is 2.12. The molecular weight excluding hydrogens is 260 g/mol. The van der Waals surface area contributed by atoms with E-state index in [4.69, 9.17) is 4.42 Å². The van der Waals surface area contributed by atoms with Crippen molar-refractivity contribution in [1.82, 2.24) is 10.2 Å². The molecule has 0 amide bonds. The van der Waals surface area contributed by atoms with Crippen molar-refractivity contribution in [3.05, 3.63) is 47.7 Å². The van der Waals surface area contributed by atoms with E-state index < -0.39 is 0 Å². The van der Waals surface area contributed by atoms with Crippen molar-refractivity contribution in [3.8, 4) is 0 Å². The molecule has 3 nitrogen and oxygen atoms in total. The molecule has 114 valence electrons. The van der Waals surface area contributed by atoms with Crippen molar-refractivity contribution in [1.29, 1.82) is 0 Å². The summed E-state index contributed by atoms with van der Waals surface area (Å²) in [5, 5.41) is 4.66. The maximum Gasteiger partial charge on any atom is 0.134 e. The van der Waals surface area contributed by atoms with Crippen LogP contribution in [0.15, 0.2) is 40.8 Å². The number of fused-ring (bicyclic) bond motifs is 1. The number of nitrogens with one attached hydrogen (secondary N) is 1. The summed E-state index contributed by atoms with van der Waals surface area (Å²) in [6.45, 7) is 11.8. The summed E-state index contributed by atoms with van der Waals surface area (Å²) in [5.74, 6) is 1.05. The van der Waals surface area contributed by atoms with Gasteiger partial charge in [-0.15, -0.1) is 0 Å². The van der Waals surface area contributed by atoms with Crippen LogP contribution in [0.5, 0.6) is 0 Å². The van der Waals surface area contributed by atoms with Crippen LogP contribution in [-0.2, 0) is 13.1 Å². The largest absolute Gasteiger partial charge is 0.459 e. The molecule has 0 saturated carbocycles. The van der Waals surface area contributed by atoms with Gasteiger partial charge in [-0.05, 0) is 33.0 Å². The highest BCUT2D eigenvalue weighted by Gasteiger charge is 2.15. The van der Waals surface area contributed by atoms with Crippen molar-refractivity contribution in [2.24, 2.45) is 0 Å². The summed E-state index contributed by atoms with van der Waals surface area (Å²) in [6.07, 6.45) is 1.13. The Morgan fingerprint density at radius 3 is 2.81 bits per heavy atom. The minimum absolute atomic E-state index is 0.790. The summed E-state index contributed by atoms with van der Waals surface area (Å²) in [5.41, 5.74) is 3.44. The van der Waals surface area contributed by atoms with E-state index in [-0.39, 0.29) is 0 Å². The molecule has 0 radical (unpaired) electrons. The maximum atomic E-state index is 6.04. The maximum absolute atomic E-state index is 6.04. The molecule has 0 fully saturated rings. The lowest BCUT2D eigenvalue weighted by Gasteiger charge is -2.17. The molecule has 0 saturated heterocycles. The van der Waals surface area contributed by atoms with E-state index in [1.54, 1.807) is 0 Å². The second-order valence-electron chi connectivity index (χ2n) is 5.81. The van der Waals surface area contributed by atoms with Gasteiger partial charge in [0, 0.05) is 24.0 Å². The normalized spacial score (nSPS) is 11.4. The number of hydrogen-bond donors (Lipinski definition) is 1. The first-order valence-electron chi connectivity index (χ1n) is 7.64. The lowest BCUT2D eigenvalue weighted by Crippen LogP contribution is -2.21. The van der Waals surface area contributed by atoms with E-state index >= 15 is 0 Å². The molecule has 0 aliphatic heterocycles. The first kappa shape index (κ1) is 15.8. The molecular formula is C18H26N2O. The Morgan fingerprint density at radius 2 is 2.10 bits per heavy atom. The Labute approximate surface area is 127 Å². The summed E-state index contributed by atoms with van der Waals surface area (Å²) in [4.78, 5) is 2.28. The standard InChI is InChI=1S/C18H26N2O/c1-5-10-19-11-18-16(13-20(4)12-14(2)3)15-8-6-7-9-17(15)21-18/h6-9,19H,2,5,10-13H2,1,3-4H3. The predicted octanol–water partition coefficient (Wildman–Crippen LogP) is 3.94. The molecule has 0 aliphatic rings. The molecule has 2 rings (SSSR count). The van der Waals surface area contributed by atoms with Crippen LogP contribution in [0.2, 0.25) is 0 Å². The van der Waals surface area contributed by atoms with Gasteiger partial charge in [0.1, 0.15) is 11.3 Å². The fraction of sp³-hybridized carbons (Fsp3) is 0.444. The van der Waals surface area contributed by atoms with Crippen LogP contribution < -0.4 is 5.32 Å². The van der Waals surface area contributed by atoms with Crippen LogP contribution in [0.25, 0.3) is 11.0 Å². The van der Waals surface area contributed by atoms with Gasteiger partial charge in [-0.25, -0.2) is 0 Å². The lowest BCUT2D eigenvalue weighted by molar-refractivity contribution is 0.351. The molecule has 2 aromatic rings. The van der Waals surface area contributed by atoms with Crippen molar-refractivity contribution in [2.75, 3.05) is 20.1 Å². The number of rotatable bonds is 8. The van der Waals surface area contributed by atoms with E-state index in [1.165, 1.54) is 16.5 Å². The monoisotopic (exact) mass is 286 g/mol. The minimum atomic E-state index is 0.790. The molecule has 0 atom stereocenters. The van der Waals surface area contributed by atoms with E-state index in [2.05, 4.69) is 49.8 Å². The zero-order valence-electron chi connectivity index (χ0n) is 13.4. The van der Waals surface area contributed by atoms with Crippen LogP contribution in [0.4, 0.5) is 0 Å². The van der Waals surface area contributed by atoms with Crippen molar-refractivity contribution >= 4 is 11.0 Å². The average molecular weight is 286 g/mol. The molecule has 1 heterocycles. The zero-order valence-corrected chi connectivity index (χ0v) is 13.4. The van der Waals surface area contributed by atoms with Crippen LogP contribution >= 0.6 is 0 Å². The molecule has 0 spiro atoms. The van der Waals surface area contributed by atoms with Gasteiger partial charge >= 0.3 is 0 Å². The van der Waals surface area contributed by atoms with Crippen LogP contribution in [-0.4, -0.2) is 25.0 Å². The molecule has 1 aromatic heterocycles. The molecule has 0 aliphatic carbocycles. The quantitative estimate of drug-likeness (QED) is 0.588. The van der Waals surface area contributed by atoms with Crippen LogP contribution in [0, 0.1) is 0 Å². The highest BCUT2D eigenvalue weighted by molar-refractivity contribution is 5.82. The molecule has 3 heteroatoms. The Morgan fingerprint density at radius 1 is 1.33 bits per heavy atom. The SMILES string of the molecule is C=C(C)CN(C)Cc1c(CNCCC)oc2ccccc12. The summed E-state index contributed by atoms with van der Waals surface area (Å²) >= 11 is 0. The highest BCUT2D eigenvalue weighted by atomic mass is 16.3. The van der Waals surface area contributed by atoms with Crippen molar-refractivity contribution < 1.29 is 4.42 Å². The number of hydrogen-bond acceptors (Lipinski definition) is 3. The number of nitrogens with zero attached hydrogens (tertiary/aromatic N) is 1. The third kappa shape index (κ3) is 4.19. The summed E-state index contributed by atoms with van der Waals surface area (Å²) < 4.78 is 6.04. The van der Waals surface area contributed by atoms with E-state index in [0.29, 0.717) is 0 Å². The average Bonchev–Trinajstić information content (AvgIpc) is 2.77. The predicted molar refractivity (Wildman–Crippen MR) is 89.4 cm³/mol.